The molecule has 11 nitrogen and oxygen atoms in total. The van der Waals surface area contributed by atoms with Crippen molar-refractivity contribution < 1.29 is 18.8 Å². The van der Waals surface area contributed by atoms with Gasteiger partial charge in [0.2, 0.25) is 11.5 Å². The second-order valence-electron chi connectivity index (χ2n) is 9.46. The average Bonchev–Trinajstić information content (AvgIpc) is 3.50. The highest BCUT2D eigenvalue weighted by atomic mass is 19.1. The summed E-state index contributed by atoms with van der Waals surface area (Å²) >= 11 is 0. The van der Waals surface area contributed by atoms with Crippen LogP contribution in [0.4, 0.5) is 15.0 Å². The van der Waals surface area contributed by atoms with E-state index < -0.39 is 24.1 Å². The van der Waals surface area contributed by atoms with Crippen LogP contribution in [0.15, 0.2) is 71.8 Å². The number of nitrogens with one attached hydrogen (secondary N) is 2. The molecule has 0 spiro atoms. The Labute approximate surface area is 230 Å². The van der Waals surface area contributed by atoms with Crippen LogP contribution in [0.5, 0.6) is 0 Å². The number of urea groups is 1. The van der Waals surface area contributed by atoms with Crippen molar-refractivity contribution in [3.63, 3.8) is 0 Å². The molecule has 1 fully saturated rings. The molecule has 40 heavy (non-hydrogen) atoms. The maximum absolute atomic E-state index is 13.9. The van der Waals surface area contributed by atoms with Crippen molar-refractivity contribution in [1.82, 2.24) is 29.7 Å². The third-order valence-corrected chi connectivity index (χ3v) is 6.68. The van der Waals surface area contributed by atoms with Gasteiger partial charge in [-0.3, -0.25) is 14.9 Å². The molecule has 4 heterocycles. The summed E-state index contributed by atoms with van der Waals surface area (Å²) in [7, 11) is 3.27. The number of hydrogen-bond acceptors (Lipinski definition) is 7. The van der Waals surface area contributed by atoms with Crippen molar-refractivity contribution in [1.29, 1.82) is 0 Å². The lowest BCUT2D eigenvalue weighted by molar-refractivity contribution is -0.154. The lowest BCUT2D eigenvalue weighted by Gasteiger charge is -2.19. The fourth-order valence-corrected chi connectivity index (χ4v) is 4.66. The Morgan fingerprint density at radius 3 is 2.73 bits per heavy atom. The minimum Gasteiger partial charge on any atom is -0.383 e. The Bertz CT molecular complexity index is 1560. The van der Waals surface area contributed by atoms with Gasteiger partial charge in [0.1, 0.15) is 11.9 Å². The maximum Gasteiger partial charge on any atom is 0.320 e. The van der Waals surface area contributed by atoms with Gasteiger partial charge in [-0.15, -0.1) is 0 Å². The number of anilines is 1. The minimum absolute atomic E-state index is 0.136. The van der Waals surface area contributed by atoms with E-state index in [4.69, 9.17) is 14.7 Å². The van der Waals surface area contributed by atoms with Crippen LogP contribution in [0, 0.1) is 12.9 Å². The number of ether oxygens (including phenoxy) is 1. The second kappa shape index (κ2) is 11.8. The fourth-order valence-electron chi connectivity index (χ4n) is 4.66. The number of hydroxylamine groups is 2. The maximum atomic E-state index is 13.9. The molecule has 12 heteroatoms. The van der Waals surface area contributed by atoms with E-state index >= 15 is 0 Å². The summed E-state index contributed by atoms with van der Waals surface area (Å²) in [4.78, 5) is 35.0. The zero-order valence-corrected chi connectivity index (χ0v) is 22.4. The molecule has 1 aliphatic rings. The molecular weight excluding hydrogens is 517 g/mol. The predicted molar refractivity (Wildman–Crippen MR) is 146 cm³/mol. The average molecular weight is 548 g/mol. The summed E-state index contributed by atoms with van der Waals surface area (Å²) in [5.74, 6) is -0.165. The van der Waals surface area contributed by atoms with E-state index in [9.17, 15) is 14.0 Å². The van der Waals surface area contributed by atoms with E-state index in [-0.39, 0.29) is 5.56 Å². The first-order chi connectivity index (χ1) is 19.3. The summed E-state index contributed by atoms with van der Waals surface area (Å²) in [6.07, 6.45) is 2.45. The molecule has 0 bridgehead atoms. The fraction of sp³-hybridized carbons (Fsp3) is 0.286. The first-order valence-corrected chi connectivity index (χ1v) is 12.8. The van der Waals surface area contributed by atoms with Crippen LogP contribution in [-0.4, -0.2) is 63.3 Å². The molecule has 2 N–H and O–H groups in total. The number of amides is 2. The van der Waals surface area contributed by atoms with E-state index in [1.54, 1.807) is 42.2 Å². The largest absolute Gasteiger partial charge is 0.383 e. The minimum atomic E-state index is -0.632. The van der Waals surface area contributed by atoms with Gasteiger partial charge >= 0.3 is 6.03 Å². The number of para-hydroxylation sites is 1. The number of aromatic nitrogens is 4. The van der Waals surface area contributed by atoms with Gasteiger partial charge in [0.25, 0.3) is 0 Å². The predicted octanol–water partition coefficient (Wildman–Crippen LogP) is 3.21. The Morgan fingerprint density at radius 1 is 1.20 bits per heavy atom. The van der Waals surface area contributed by atoms with Gasteiger partial charge in [-0.2, -0.15) is 14.6 Å². The number of methoxy groups -OCH3 is 1. The van der Waals surface area contributed by atoms with Crippen molar-refractivity contribution in [2.75, 3.05) is 32.1 Å². The summed E-state index contributed by atoms with van der Waals surface area (Å²) in [6.45, 7) is 3.13. The number of aryl methyl sites for hydroxylation is 1. The molecule has 1 aromatic carbocycles. The second-order valence-corrected chi connectivity index (χ2v) is 9.46. The first-order valence-electron chi connectivity index (χ1n) is 12.8. The summed E-state index contributed by atoms with van der Waals surface area (Å²) in [5.41, 5.74) is 3.24. The molecular formula is C28H30FN7O4. The highest BCUT2D eigenvalue weighted by Gasteiger charge is 2.37. The molecule has 208 valence electrons. The molecule has 0 radical (unpaired) electrons. The van der Waals surface area contributed by atoms with Gasteiger partial charge in [0, 0.05) is 56.8 Å². The van der Waals surface area contributed by atoms with E-state index in [0.29, 0.717) is 36.8 Å². The van der Waals surface area contributed by atoms with Gasteiger partial charge in [0.15, 0.2) is 0 Å². The van der Waals surface area contributed by atoms with E-state index in [1.807, 2.05) is 37.3 Å². The highest BCUT2D eigenvalue weighted by Crippen LogP contribution is 2.31. The van der Waals surface area contributed by atoms with Gasteiger partial charge in [-0.1, -0.05) is 18.2 Å². The number of hydrogen-bond donors (Lipinski definition) is 2. The van der Waals surface area contributed by atoms with Gasteiger partial charge in [-0.25, -0.2) is 14.5 Å². The van der Waals surface area contributed by atoms with Crippen molar-refractivity contribution in [2.24, 2.45) is 7.05 Å². The topological polar surface area (TPSA) is 116 Å². The number of carbonyl (C=O) groups is 1. The van der Waals surface area contributed by atoms with Gasteiger partial charge < -0.3 is 14.6 Å². The van der Waals surface area contributed by atoms with Crippen LogP contribution in [0.2, 0.25) is 0 Å². The van der Waals surface area contributed by atoms with Gasteiger partial charge in [-0.05, 0) is 42.8 Å². The highest BCUT2D eigenvalue weighted by molar-refractivity contribution is 5.91. The number of carbonyl (C=O) groups excluding carboxylic acids is 1. The molecule has 3 aromatic heterocycles. The van der Waals surface area contributed by atoms with Gasteiger partial charge in [0.05, 0.1) is 24.0 Å². The molecule has 0 saturated carbocycles. The monoisotopic (exact) mass is 547 g/mol. The summed E-state index contributed by atoms with van der Waals surface area (Å²) < 4.78 is 22.2. The number of benzene rings is 1. The number of pyridine rings is 2. The van der Waals surface area contributed by atoms with Crippen molar-refractivity contribution in [3.8, 4) is 16.9 Å². The van der Waals surface area contributed by atoms with Crippen LogP contribution in [0.25, 0.3) is 16.9 Å². The summed E-state index contributed by atoms with van der Waals surface area (Å²) in [5, 5.41) is 12.4. The van der Waals surface area contributed by atoms with E-state index in [2.05, 4.69) is 15.6 Å². The number of rotatable bonds is 8. The lowest BCUT2D eigenvalue weighted by Crippen LogP contribution is -2.42. The van der Waals surface area contributed by atoms with Crippen LogP contribution in [0.1, 0.15) is 17.2 Å². The Kier molecular flexibility index (Phi) is 8.01. The molecule has 2 atom stereocenters. The standard InChI is InChI=1S/C28H30FN7O4/c1-18-25(20-9-10-24(37)34(2)16-20)33-36(21-7-5-4-6-8-21)27(18)32-28(38)31-22-17-35(13-14-39-3)40-26(22)19-11-12-30-23(29)15-19/h4-12,15-16,22,26H,13-14,17H2,1-3H3,(H2,31,32,38)/t22-,26+/m1/s1. The van der Waals surface area contributed by atoms with E-state index in [1.165, 1.54) is 22.9 Å². The molecule has 5 rings (SSSR count). The van der Waals surface area contributed by atoms with Crippen LogP contribution in [0.3, 0.4) is 0 Å². The summed E-state index contributed by atoms with van der Waals surface area (Å²) in [6, 6.07) is 14.6. The molecule has 4 aromatic rings. The van der Waals surface area contributed by atoms with Crippen LogP contribution >= 0.6 is 0 Å². The third-order valence-electron chi connectivity index (χ3n) is 6.68. The molecule has 1 aliphatic heterocycles. The zero-order valence-electron chi connectivity index (χ0n) is 22.4. The molecule has 0 aliphatic carbocycles. The molecule has 0 unspecified atom stereocenters. The number of nitrogens with zero attached hydrogens (tertiary/aromatic N) is 5. The molecule has 1 saturated heterocycles. The third kappa shape index (κ3) is 5.78. The Morgan fingerprint density at radius 2 is 2.00 bits per heavy atom. The first kappa shape index (κ1) is 27.2. The molecule has 2 amide bonds. The van der Waals surface area contributed by atoms with Crippen molar-refractivity contribution >= 4 is 11.8 Å². The SMILES string of the molecule is COCCN1C[C@@H](NC(=O)Nc2c(C)c(-c3ccc(=O)n(C)c3)nn2-c2ccccc2)[C@H](c2ccnc(F)c2)O1. The Hall–Kier alpha value is -4.39. The van der Waals surface area contributed by atoms with Crippen molar-refractivity contribution in [3.05, 3.63) is 94.4 Å². The smallest absolute Gasteiger partial charge is 0.320 e. The van der Waals surface area contributed by atoms with E-state index in [0.717, 1.165) is 16.8 Å². The zero-order chi connectivity index (χ0) is 28.2. The van der Waals surface area contributed by atoms with Crippen molar-refractivity contribution in [2.45, 2.75) is 19.1 Å². The number of halogens is 1. The van der Waals surface area contributed by atoms with Crippen LogP contribution in [-0.2, 0) is 16.6 Å². The lowest BCUT2D eigenvalue weighted by atomic mass is 10.0. The van der Waals surface area contributed by atoms with Crippen LogP contribution < -0.4 is 16.2 Å². The normalized spacial score (nSPS) is 17.2. The Balaban J connectivity index is 1.44. The quantitative estimate of drug-likeness (QED) is 0.326.